The van der Waals surface area contributed by atoms with Crippen molar-refractivity contribution in [2.75, 3.05) is 0 Å². The maximum atomic E-state index is 12.4. The first-order valence-electron chi connectivity index (χ1n) is 5.41. The lowest BCUT2D eigenvalue weighted by atomic mass is 10.4. The van der Waals surface area contributed by atoms with Crippen LogP contribution in [0.1, 0.15) is 24.3 Å². The molecular formula is C10H12F3N5. The van der Waals surface area contributed by atoms with Gasteiger partial charge in [-0.2, -0.15) is 18.3 Å². The summed E-state index contributed by atoms with van der Waals surface area (Å²) >= 11 is 0. The van der Waals surface area contributed by atoms with Crippen LogP contribution in [0.2, 0.25) is 0 Å². The summed E-state index contributed by atoms with van der Waals surface area (Å²) in [5.41, 5.74) is -0.901. The Kier molecular flexibility index (Phi) is 3.10. The van der Waals surface area contributed by atoms with Crippen LogP contribution < -0.4 is 0 Å². The number of rotatable bonds is 3. The zero-order chi connectivity index (χ0) is 13.3. The van der Waals surface area contributed by atoms with E-state index < -0.39 is 11.9 Å². The van der Waals surface area contributed by atoms with E-state index >= 15 is 0 Å². The van der Waals surface area contributed by atoms with Crippen LogP contribution >= 0.6 is 0 Å². The summed E-state index contributed by atoms with van der Waals surface area (Å²) in [7, 11) is 0. The van der Waals surface area contributed by atoms with Gasteiger partial charge in [-0.05, 0) is 19.9 Å². The predicted octanol–water partition coefficient (Wildman–Crippen LogP) is 1.87. The summed E-state index contributed by atoms with van der Waals surface area (Å²) in [5, 5.41) is 11.3. The summed E-state index contributed by atoms with van der Waals surface area (Å²) < 4.78 is 40.2. The van der Waals surface area contributed by atoms with E-state index in [1.54, 1.807) is 6.92 Å². The minimum atomic E-state index is -4.42. The molecule has 8 heteroatoms. The van der Waals surface area contributed by atoms with Crippen LogP contribution in [-0.4, -0.2) is 24.5 Å². The number of hydrogen-bond acceptors (Lipinski definition) is 3. The van der Waals surface area contributed by atoms with Gasteiger partial charge in [-0.3, -0.25) is 4.68 Å². The van der Waals surface area contributed by atoms with Crippen molar-refractivity contribution in [2.24, 2.45) is 0 Å². The van der Waals surface area contributed by atoms with Gasteiger partial charge in [0, 0.05) is 12.7 Å². The van der Waals surface area contributed by atoms with Gasteiger partial charge in [0.1, 0.15) is 12.4 Å². The average Bonchev–Trinajstić information content (AvgIpc) is 2.86. The summed E-state index contributed by atoms with van der Waals surface area (Å²) in [6.07, 6.45) is -3.13. The van der Waals surface area contributed by atoms with Crippen molar-refractivity contribution in [2.45, 2.75) is 33.1 Å². The van der Waals surface area contributed by atoms with Gasteiger partial charge in [0.05, 0.1) is 0 Å². The van der Waals surface area contributed by atoms with Crippen molar-refractivity contribution >= 4 is 0 Å². The SMILES string of the molecule is CCn1c(C)nnc1Cn1ccc(C(F)(F)F)n1. The highest BCUT2D eigenvalue weighted by Crippen LogP contribution is 2.27. The van der Waals surface area contributed by atoms with Crippen LogP contribution in [0.5, 0.6) is 0 Å². The lowest BCUT2D eigenvalue weighted by Gasteiger charge is -2.05. The smallest absolute Gasteiger partial charge is 0.314 e. The van der Waals surface area contributed by atoms with Gasteiger partial charge < -0.3 is 4.57 Å². The van der Waals surface area contributed by atoms with Gasteiger partial charge in [-0.25, -0.2) is 0 Å². The van der Waals surface area contributed by atoms with Crippen LogP contribution in [0.4, 0.5) is 13.2 Å². The molecule has 0 atom stereocenters. The Morgan fingerprint density at radius 2 is 2.00 bits per heavy atom. The molecule has 0 spiro atoms. The number of aryl methyl sites for hydroxylation is 1. The van der Waals surface area contributed by atoms with E-state index in [1.165, 1.54) is 10.9 Å². The molecule has 98 valence electrons. The van der Waals surface area contributed by atoms with Gasteiger partial charge in [-0.1, -0.05) is 0 Å². The molecule has 0 N–H and O–H groups in total. The van der Waals surface area contributed by atoms with Crippen LogP contribution in [0.25, 0.3) is 0 Å². The van der Waals surface area contributed by atoms with Crippen molar-refractivity contribution in [1.82, 2.24) is 24.5 Å². The topological polar surface area (TPSA) is 48.5 Å². The molecule has 0 aliphatic heterocycles. The van der Waals surface area contributed by atoms with Crippen molar-refractivity contribution < 1.29 is 13.2 Å². The minimum Gasteiger partial charge on any atom is -0.314 e. The van der Waals surface area contributed by atoms with Gasteiger partial charge in [0.25, 0.3) is 0 Å². The van der Waals surface area contributed by atoms with Gasteiger partial charge in [0.15, 0.2) is 11.5 Å². The molecule has 2 rings (SSSR count). The molecule has 0 radical (unpaired) electrons. The summed E-state index contributed by atoms with van der Waals surface area (Å²) in [4.78, 5) is 0. The van der Waals surface area contributed by atoms with Gasteiger partial charge >= 0.3 is 6.18 Å². The molecule has 0 saturated heterocycles. The Morgan fingerprint density at radius 3 is 2.56 bits per heavy atom. The van der Waals surface area contributed by atoms with Crippen LogP contribution in [0, 0.1) is 6.92 Å². The molecule has 2 aromatic rings. The largest absolute Gasteiger partial charge is 0.435 e. The van der Waals surface area contributed by atoms with Crippen molar-refractivity contribution in [3.8, 4) is 0 Å². The summed E-state index contributed by atoms with van der Waals surface area (Å²) in [5.74, 6) is 1.32. The quantitative estimate of drug-likeness (QED) is 0.845. The Bertz CT molecular complexity index is 540. The average molecular weight is 259 g/mol. The van der Waals surface area contributed by atoms with Crippen molar-refractivity contribution in [3.63, 3.8) is 0 Å². The molecule has 0 aliphatic rings. The Morgan fingerprint density at radius 1 is 1.28 bits per heavy atom. The normalized spacial score (nSPS) is 12.1. The standard InChI is InChI=1S/C10H12F3N5/c1-3-18-7(2)14-15-9(18)6-17-5-4-8(16-17)10(11,12)13/h4-5H,3,6H2,1-2H3. The fourth-order valence-corrected chi connectivity index (χ4v) is 1.70. The maximum Gasteiger partial charge on any atom is 0.435 e. The monoisotopic (exact) mass is 259 g/mol. The lowest BCUT2D eigenvalue weighted by molar-refractivity contribution is -0.141. The number of alkyl halides is 3. The third-order valence-electron chi connectivity index (χ3n) is 2.56. The molecule has 18 heavy (non-hydrogen) atoms. The summed E-state index contributed by atoms with van der Waals surface area (Å²) in [6, 6.07) is 0.944. The predicted molar refractivity (Wildman–Crippen MR) is 56.8 cm³/mol. The number of hydrogen-bond donors (Lipinski definition) is 0. The maximum absolute atomic E-state index is 12.4. The highest BCUT2D eigenvalue weighted by molar-refractivity contribution is 5.04. The zero-order valence-corrected chi connectivity index (χ0v) is 9.94. The van der Waals surface area contributed by atoms with E-state index in [1.807, 2.05) is 11.5 Å². The molecule has 0 unspecified atom stereocenters. The van der Waals surface area contributed by atoms with E-state index in [4.69, 9.17) is 0 Å². The molecule has 0 amide bonds. The minimum absolute atomic E-state index is 0.171. The highest BCUT2D eigenvalue weighted by atomic mass is 19.4. The third kappa shape index (κ3) is 2.36. The second kappa shape index (κ2) is 4.43. The van der Waals surface area contributed by atoms with Crippen LogP contribution in [-0.2, 0) is 19.3 Å². The van der Waals surface area contributed by atoms with E-state index in [0.717, 1.165) is 11.9 Å². The van der Waals surface area contributed by atoms with E-state index in [-0.39, 0.29) is 6.54 Å². The van der Waals surface area contributed by atoms with E-state index in [9.17, 15) is 13.2 Å². The number of aromatic nitrogens is 5. The molecule has 0 saturated carbocycles. The van der Waals surface area contributed by atoms with Crippen LogP contribution in [0.15, 0.2) is 12.3 Å². The first-order chi connectivity index (χ1) is 8.41. The van der Waals surface area contributed by atoms with E-state index in [0.29, 0.717) is 12.4 Å². The second-order valence-electron chi connectivity index (χ2n) is 3.80. The van der Waals surface area contributed by atoms with Crippen molar-refractivity contribution in [1.29, 1.82) is 0 Å². The van der Waals surface area contributed by atoms with Crippen molar-refractivity contribution in [3.05, 3.63) is 29.6 Å². The molecule has 2 heterocycles. The Balaban J connectivity index is 2.21. The Hall–Kier alpha value is -1.86. The van der Waals surface area contributed by atoms with Crippen LogP contribution in [0.3, 0.4) is 0 Å². The molecule has 0 bridgehead atoms. The third-order valence-corrected chi connectivity index (χ3v) is 2.56. The molecule has 0 fully saturated rings. The molecule has 5 nitrogen and oxygen atoms in total. The number of nitrogens with zero attached hydrogens (tertiary/aromatic N) is 5. The molecule has 2 aromatic heterocycles. The Labute approximate surface area is 101 Å². The zero-order valence-electron chi connectivity index (χ0n) is 9.94. The first kappa shape index (κ1) is 12.6. The fourth-order valence-electron chi connectivity index (χ4n) is 1.70. The molecular weight excluding hydrogens is 247 g/mol. The lowest BCUT2D eigenvalue weighted by Crippen LogP contribution is -2.11. The second-order valence-corrected chi connectivity index (χ2v) is 3.80. The van der Waals surface area contributed by atoms with Gasteiger partial charge in [-0.15, -0.1) is 10.2 Å². The van der Waals surface area contributed by atoms with E-state index in [2.05, 4.69) is 15.3 Å². The fraction of sp³-hybridized carbons (Fsp3) is 0.500. The summed E-state index contributed by atoms with van der Waals surface area (Å²) in [6.45, 7) is 4.56. The van der Waals surface area contributed by atoms with Gasteiger partial charge in [0.2, 0.25) is 0 Å². The molecule has 0 aromatic carbocycles. The number of halogens is 3. The highest BCUT2D eigenvalue weighted by Gasteiger charge is 2.33. The first-order valence-corrected chi connectivity index (χ1v) is 5.41. The molecule has 0 aliphatic carbocycles.